The second-order valence-electron chi connectivity index (χ2n) is 5.22. The van der Waals surface area contributed by atoms with Crippen LogP contribution in [0.5, 0.6) is 0 Å². The fourth-order valence-corrected chi connectivity index (χ4v) is 2.85. The lowest BCUT2D eigenvalue weighted by molar-refractivity contribution is 0.211. The van der Waals surface area contributed by atoms with Crippen LogP contribution in [-0.4, -0.2) is 36.6 Å². The van der Waals surface area contributed by atoms with Gasteiger partial charge in [-0.25, -0.2) is 0 Å². The molecule has 0 saturated carbocycles. The first-order valence-electron chi connectivity index (χ1n) is 6.73. The maximum atomic E-state index is 4.17. The zero-order valence-electron chi connectivity index (χ0n) is 11.0. The number of hydrogen-bond donors (Lipinski definition) is 1. The van der Waals surface area contributed by atoms with E-state index < -0.39 is 0 Å². The van der Waals surface area contributed by atoms with Gasteiger partial charge >= 0.3 is 0 Å². The second-order valence-corrected chi connectivity index (χ2v) is 6.14. The van der Waals surface area contributed by atoms with E-state index >= 15 is 0 Å². The summed E-state index contributed by atoms with van der Waals surface area (Å²) < 4.78 is 1.05. The van der Waals surface area contributed by atoms with Crippen molar-refractivity contribution in [2.24, 2.45) is 5.92 Å². The van der Waals surface area contributed by atoms with Crippen LogP contribution in [0.25, 0.3) is 0 Å². The summed E-state index contributed by atoms with van der Waals surface area (Å²) >= 11 is 3.44. The number of hydrogen-bond acceptors (Lipinski definition) is 3. The highest BCUT2D eigenvalue weighted by Gasteiger charge is 2.15. The number of piperidine rings is 1. The van der Waals surface area contributed by atoms with E-state index in [1.807, 2.05) is 12.4 Å². The highest BCUT2D eigenvalue weighted by Crippen LogP contribution is 2.18. The first-order chi connectivity index (χ1) is 8.74. The molecule has 3 nitrogen and oxygen atoms in total. The lowest BCUT2D eigenvalue weighted by atomic mass is 9.94. The van der Waals surface area contributed by atoms with E-state index in [0.717, 1.165) is 23.5 Å². The van der Waals surface area contributed by atoms with Crippen molar-refractivity contribution in [3.63, 3.8) is 0 Å². The molecular formula is C14H22BrN3. The number of aromatic nitrogens is 1. The summed E-state index contributed by atoms with van der Waals surface area (Å²) in [7, 11) is 2.22. The molecule has 0 aromatic carbocycles. The Labute approximate surface area is 118 Å². The minimum Gasteiger partial charge on any atom is -0.313 e. The van der Waals surface area contributed by atoms with E-state index in [-0.39, 0.29) is 0 Å². The summed E-state index contributed by atoms with van der Waals surface area (Å²) in [5.41, 5.74) is 1.24. The smallest absolute Gasteiger partial charge is 0.0410 e. The first kappa shape index (κ1) is 14.0. The minimum absolute atomic E-state index is 0.911. The van der Waals surface area contributed by atoms with E-state index in [2.05, 4.69) is 44.2 Å². The van der Waals surface area contributed by atoms with Gasteiger partial charge in [-0.15, -0.1) is 0 Å². The van der Waals surface area contributed by atoms with Crippen molar-refractivity contribution in [3.8, 4) is 0 Å². The zero-order chi connectivity index (χ0) is 12.8. The molecule has 0 unspecified atom stereocenters. The van der Waals surface area contributed by atoms with Crippen LogP contribution in [0.2, 0.25) is 0 Å². The van der Waals surface area contributed by atoms with Gasteiger partial charge in [0.05, 0.1) is 0 Å². The van der Waals surface area contributed by atoms with E-state index in [9.17, 15) is 0 Å². The average Bonchev–Trinajstić information content (AvgIpc) is 2.37. The molecule has 1 aliphatic heterocycles. The highest BCUT2D eigenvalue weighted by molar-refractivity contribution is 9.10. The molecular weight excluding hydrogens is 290 g/mol. The summed E-state index contributed by atoms with van der Waals surface area (Å²) in [6.07, 6.45) is 7.76. The van der Waals surface area contributed by atoms with Crippen molar-refractivity contribution >= 4 is 15.9 Å². The van der Waals surface area contributed by atoms with Crippen molar-refractivity contribution in [2.75, 3.05) is 26.7 Å². The van der Waals surface area contributed by atoms with E-state index in [1.54, 1.807) is 0 Å². The third kappa shape index (κ3) is 4.67. The van der Waals surface area contributed by atoms with Crippen molar-refractivity contribution in [1.29, 1.82) is 0 Å². The SMILES string of the molecule is CN1CCC(CCNCc2cncc(Br)c2)CC1. The lowest BCUT2D eigenvalue weighted by Crippen LogP contribution is -2.31. The standard InChI is InChI=1S/C14H22BrN3/c1-18-6-3-12(4-7-18)2-5-16-9-13-8-14(15)11-17-10-13/h8,10-12,16H,2-7,9H2,1H3. The van der Waals surface area contributed by atoms with Gasteiger partial charge in [0.15, 0.2) is 0 Å². The van der Waals surface area contributed by atoms with Gasteiger partial charge in [-0.05, 0) is 79.4 Å². The molecule has 0 aliphatic carbocycles. The fourth-order valence-electron chi connectivity index (χ4n) is 2.44. The van der Waals surface area contributed by atoms with Crippen molar-refractivity contribution in [1.82, 2.24) is 15.2 Å². The molecule has 2 rings (SSSR count). The Morgan fingerprint density at radius 2 is 2.17 bits per heavy atom. The van der Waals surface area contributed by atoms with Crippen LogP contribution >= 0.6 is 15.9 Å². The van der Waals surface area contributed by atoms with Gasteiger partial charge in [0.1, 0.15) is 0 Å². The Balaban J connectivity index is 1.61. The van der Waals surface area contributed by atoms with Crippen LogP contribution in [0.15, 0.2) is 22.9 Å². The molecule has 2 heterocycles. The number of halogens is 1. The number of rotatable bonds is 5. The molecule has 1 saturated heterocycles. The molecule has 0 bridgehead atoms. The van der Waals surface area contributed by atoms with Crippen molar-refractivity contribution < 1.29 is 0 Å². The molecule has 18 heavy (non-hydrogen) atoms. The van der Waals surface area contributed by atoms with Gasteiger partial charge < -0.3 is 10.2 Å². The quantitative estimate of drug-likeness (QED) is 0.847. The molecule has 0 atom stereocenters. The van der Waals surface area contributed by atoms with Crippen molar-refractivity contribution in [2.45, 2.75) is 25.8 Å². The number of nitrogens with one attached hydrogen (secondary N) is 1. The molecule has 1 aromatic heterocycles. The average molecular weight is 312 g/mol. The third-order valence-corrected chi connectivity index (χ3v) is 4.09. The minimum atomic E-state index is 0.911. The van der Waals surface area contributed by atoms with E-state index in [0.29, 0.717) is 0 Å². The Kier molecular flexibility index (Phi) is 5.60. The monoisotopic (exact) mass is 311 g/mol. The topological polar surface area (TPSA) is 28.2 Å². The third-order valence-electron chi connectivity index (χ3n) is 3.66. The van der Waals surface area contributed by atoms with Gasteiger partial charge in [-0.1, -0.05) is 0 Å². The summed E-state index contributed by atoms with van der Waals surface area (Å²) in [4.78, 5) is 6.60. The molecule has 1 N–H and O–H groups in total. The summed E-state index contributed by atoms with van der Waals surface area (Å²) in [5, 5.41) is 3.51. The number of pyridine rings is 1. The fraction of sp³-hybridized carbons (Fsp3) is 0.643. The van der Waals surface area contributed by atoms with Gasteiger partial charge in [-0.2, -0.15) is 0 Å². The second kappa shape index (κ2) is 7.22. The summed E-state index contributed by atoms with van der Waals surface area (Å²) in [6.45, 7) is 4.56. The normalized spacial score (nSPS) is 18.1. The maximum Gasteiger partial charge on any atom is 0.0410 e. The van der Waals surface area contributed by atoms with E-state index in [1.165, 1.54) is 37.9 Å². The molecule has 1 aliphatic rings. The van der Waals surface area contributed by atoms with Gasteiger partial charge in [0.2, 0.25) is 0 Å². The molecule has 4 heteroatoms. The Morgan fingerprint density at radius 3 is 2.89 bits per heavy atom. The van der Waals surface area contributed by atoms with Gasteiger partial charge in [0, 0.05) is 23.4 Å². The van der Waals surface area contributed by atoms with Crippen LogP contribution in [0, 0.1) is 5.92 Å². The molecule has 1 aromatic rings. The van der Waals surface area contributed by atoms with Crippen LogP contribution in [0.4, 0.5) is 0 Å². The van der Waals surface area contributed by atoms with Crippen LogP contribution in [0.3, 0.4) is 0 Å². The van der Waals surface area contributed by atoms with Crippen LogP contribution in [0.1, 0.15) is 24.8 Å². The Bertz CT molecular complexity index is 362. The Hall–Kier alpha value is -0.450. The first-order valence-corrected chi connectivity index (χ1v) is 7.52. The predicted molar refractivity (Wildman–Crippen MR) is 78.5 cm³/mol. The van der Waals surface area contributed by atoms with Gasteiger partial charge in [-0.3, -0.25) is 4.98 Å². The highest BCUT2D eigenvalue weighted by atomic mass is 79.9. The molecule has 100 valence electrons. The summed E-state index contributed by atoms with van der Waals surface area (Å²) in [6, 6.07) is 2.12. The molecule has 0 radical (unpaired) electrons. The zero-order valence-corrected chi connectivity index (χ0v) is 12.6. The van der Waals surface area contributed by atoms with Gasteiger partial charge in [0.25, 0.3) is 0 Å². The largest absolute Gasteiger partial charge is 0.313 e. The molecule has 0 amide bonds. The predicted octanol–water partition coefficient (Wildman–Crippen LogP) is 2.67. The van der Waals surface area contributed by atoms with Crippen LogP contribution in [-0.2, 0) is 6.54 Å². The maximum absolute atomic E-state index is 4.17. The summed E-state index contributed by atoms with van der Waals surface area (Å²) in [5.74, 6) is 0.911. The van der Waals surface area contributed by atoms with Crippen LogP contribution < -0.4 is 5.32 Å². The number of nitrogens with zero attached hydrogens (tertiary/aromatic N) is 2. The van der Waals surface area contributed by atoms with Crippen molar-refractivity contribution in [3.05, 3.63) is 28.5 Å². The Morgan fingerprint density at radius 1 is 1.39 bits per heavy atom. The molecule has 1 fully saturated rings. The number of likely N-dealkylation sites (tertiary alicyclic amines) is 1. The lowest BCUT2D eigenvalue weighted by Gasteiger charge is -2.28. The van der Waals surface area contributed by atoms with E-state index in [4.69, 9.17) is 0 Å². The molecule has 0 spiro atoms.